The summed E-state index contributed by atoms with van der Waals surface area (Å²) in [6, 6.07) is 0. The van der Waals surface area contributed by atoms with Gasteiger partial charge in [0.15, 0.2) is 15.0 Å². The quantitative estimate of drug-likeness (QED) is 0.787. The van der Waals surface area contributed by atoms with E-state index in [-0.39, 0.29) is 23.0 Å². The van der Waals surface area contributed by atoms with Gasteiger partial charge in [0.25, 0.3) is 5.56 Å². The van der Waals surface area contributed by atoms with Crippen LogP contribution in [-0.4, -0.2) is 45.9 Å². The lowest BCUT2D eigenvalue weighted by molar-refractivity contribution is 0.207. The van der Waals surface area contributed by atoms with Gasteiger partial charge < -0.3 is 5.11 Å². The van der Waals surface area contributed by atoms with Crippen molar-refractivity contribution in [2.45, 2.75) is 50.8 Å². The Morgan fingerprint density at radius 3 is 2.60 bits per heavy atom. The van der Waals surface area contributed by atoms with Gasteiger partial charge in [-0.15, -0.1) is 11.3 Å². The lowest BCUT2D eigenvalue weighted by Crippen LogP contribution is -2.28. The molecule has 0 unspecified atom stereocenters. The average Bonchev–Trinajstić information content (AvgIpc) is 2.90. The SMILES string of the molecule is Cc1sc2nc(S[C@H]3CS(=O)(=O)C[C@H]3O)n(CC(C)C)c(=O)c2c1C. The van der Waals surface area contributed by atoms with Gasteiger partial charge in [-0.1, -0.05) is 25.6 Å². The number of hydrogen-bond acceptors (Lipinski definition) is 7. The van der Waals surface area contributed by atoms with E-state index in [9.17, 15) is 18.3 Å². The Hall–Kier alpha value is -0.900. The molecule has 0 amide bonds. The van der Waals surface area contributed by atoms with E-state index in [2.05, 4.69) is 4.98 Å². The fourth-order valence-electron chi connectivity index (χ4n) is 2.97. The molecule has 2 aromatic heterocycles. The highest BCUT2D eigenvalue weighted by atomic mass is 32.2. The zero-order valence-corrected chi connectivity index (χ0v) is 17.1. The van der Waals surface area contributed by atoms with Crippen LogP contribution in [0.2, 0.25) is 0 Å². The number of thiophene rings is 1. The van der Waals surface area contributed by atoms with E-state index in [4.69, 9.17) is 0 Å². The molecular weight excluding hydrogens is 380 g/mol. The van der Waals surface area contributed by atoms with Crippen LogP contribution in [-0.2, 0) is 16.4 Å². The van der Waals surface area contributed by atoms with Crippen LogP contribution in [0.5, 0.6) is 0 Å². The molecule has 0 radical (unpaired) electrons. The lowest BCUT2D eigenvalue weighted by Gasteiger charge is -2.17. The number of nitrogens with zero attached hydrogens (tertiary/aromatic N) is 2. The van der Waals surface area contributed by atoms with Crippen molar-refractivity contribution in [3.63, 3.8) is 0 Å². The fourth-order valence-corrected chi connectivity index (χ4v) is 7.63. The summed E-state index contributed by atoms with van der Waals surface area (Å²) in [6.45, 7) is 8.44. The van der Waals surface area contributed by atoms with Crippen molar-refractivity contribution in [1.29, 1.82) is 0 Å². The zero-order chi connectivity index (χ0) is 18.5. The van der Waals surface area contributed by atoms with Gasteiger partial charge in [0.05, 0.1) is 28.2 Å². The van der Waals surface area contributed by atoms with Crippen molar-refractivity contribution in [3.8, 4) is 0 Å². The van der Waals surface area contributed by atoms with Crippen molar-refractivity contribution >= 4 is 43.2 Å². The van der Waals surface area contributed by atoms with Gasteiger partial charge in [-0.2, -0.15) is 0 Å². The number of rotatable bonds is 4. The molecule has 1 aliphatic heterocycles. The van der Waals surface area contributed by atoms with E-state index < -0.39 is 21.2 Å². The molecular formula is C16H22N2O4S3. The lowest BCUT2D eigenvalue weighted by atomic mass is 10.2. The molecule has 0 spiro atoms. The number of aromatic nitrogens is 2. The molecule has 0 saturated carbocycles. The highest BCUT2D eigenvalue weighted by Gasteiger charge is 2.38. The van der Waals surface area contributed by atoms with Crippen LogP contribution < -0.4 is 5.56 Å². The van der Waals surface area contributed by atoms with Crippen LogP contribution in [0.15, 0.2) is 9.95 Å². The third kappa shape index (κ3) is 3.65. The minimum atomic E-state index is -3.24. The third-order valence-corrected chi connectivity index (χ3v) is 8.66. The standard InChI is InChI=1S/C16H22N2O4S3/c1-8(2)5-18-15(20)13-9(3)10(4)23-14(13)17-16(18)24-12-7-25(21,22)6-11(12)19/h8,11-12,19H,5-7H2,1-4H3/t11-,12+/m1/s1. The van der Waals surface area contributed by atoms with Crippen molar-refractivity contribution < 1.29 is 13.5 Å². The first kappa shape index (κ1) is 18.9. The minimum Gasteiger partial charge on any atom is -0.391 e. The second-order valence-corrected chi connectivity index (χ2v) is 11.5. The maximum Gasteiger partial charge on any atom is 0.263 e. The topological polar surface area (TPSA) is 89.3 Å². The Morgan fingerprint density at radius 2 is 2.04 bits per heavy atom. The monoisotopic (exact) mass is 402 g/mol. The zero-order valence-electron chi connectivity index (χ0n) is 14.6. The van der Waals surface area contributed by atoms with Gasteiger partial charge in [-0.3, -0.25) is 9.36 Å². The first-order chi connectivity index (χ1) is 11.6. The summed E-state index contributed by atoms with van der Waals surface area (Å²) in [5.74, 6) is -0.0660. The number of aliphatic hydroxyl groups excluding tert-OH is 1. The first-order valence-corrected chi connectivity index (χ1v) is 11.7. The molecule has 1 N–H and O–H groups in total. The molecule has 1 fully saturated rings. The Morgan fingerprint density at radius 1 is 1.36 bits per heavy atom. The number of aryl methyl sites for hydroxylation is 2. The van der Waals surface area contributed by atoms with E-state index in [1.54, 1.807) is 4.57 Å². The van der Waals surface area contributed by atoms with Crippen LogP contribution in [0.1, 0.15) is 24.3 Å². The molecule has 3 rings (SSSR count). The van der Waals surface area contributed by atoms with Crippen molar-refractivity contribution in [1.82, 2.24) is 9.55 Å². The Balaban J connectivity index is 2.11. The van der Waals surface area contributed by atoms with E-state index in [1.807, 2.05) is 27.7 Å². The van der Waals surface area contributed by atoms with Crippen molar-refractivity contribution in [2.75, 3.05) is 11.5 Å². The predicted octanol–water partition coefficient (Wildman–Crippen LogP) is 1.98. The summed E-state index contributed by atoms with van der Waals surface area (Å²) in [6.07, 6.45) is -0.929. The van der Waals surface area contributed by atoms with E-state index in [1.165, 1.54) is 23.1 Å². The van der Waals surface area contributed by atoms with Gasteiger partial charge in [-0.05, 0) is 25.3 Å². The number of thioether (sulfide) groups is 1. The predicted molar refractivity (Wildman–Crippen MR) is 102 cm³/mol. The van der Waals surface area contributed by atoms with E-state index in [0.29, 0.717) is 21.9 Å². The second-order valence-electron chi connectivity index (χ2n) is 6.97. The van der Waals surface area contributed by atoms with Crippen LogP contribution >= 0.6 is 23.1 Å². The molecule has 2 atom stereocenters. The summed E-state index contributed by atoms with van der Waals surface area (Å²) in [5.41, 5.74) is 0.869. The molecule has 1 aliphatic rings. The smallest absolute Gasteiger partial charge is 0.263 e. The molecule has 0 aliphatic carbocycles. The molecule has 9 heteroatoms. The van der Waals surface area contributed by atoms with Crippen molar-refractivity contribution in [2.24, 2.45) is 5.92 Å². The number of hydrogen-bond donors (Lipinski definition) is 1. The highest BCUT2D eigenvalue weighted by molar-refractivity contribution is 8.01. The van der Waals surface area contributed by atoms with Gasteiger partial charge in [0, 0.05) is 11.4 Å². The van der Waals surface area contributed by atoms with Gasteiger partial charge in [-0.25, -0.2) is 13.4 Å². The van der Waals surface area contributed by atoms with Gasteiger partial charge >= 0.3 is 0 Å². The third-order valence-electron chi connectivity index (χ3n) is 4.33. The highest BCUT2D eigenvalue weighted by Crippen LogP contribution is 2.33. The minimum absolute atomic E-state index is 0.0848. The van der Waals surface area contributed by atoms with Crippen LogP contribution in [0, 0.1) is 19.8 Å². The molecule has 138 valence electrons. The molecule has 2 aromatic rings. The molecule has 3 heterocycles. The second kappa shape index (κ2) is 6.68. The molecule has 25 heavy (non-hydrogen) atoms. The Labute approximate surface area is 155 Å². The summed E-state index contributed by atoms with van der Waals surface area (Å²) >= 11 is 2.68. The number of sulfone groups is 1. The number of fused-ring (bicyclic) bond motifs is 1. The van der Waals surface area contributed by atoms with Gasteiger partial charge in [0.2, 0.25) is 0 Å². The Bertz CT molecular complexity index is 975. The fraction of sp³-hybridized carbons (Fsp3) is 0.625. The van der Waals surface area contributed by atoms with Crippen molar-refractivity contribution in [3.05, 3.63) is 20.8 Å². The summed E-state index contributed by atoms with van der Waals surface area (Å²) in [4.78, 5) is 19.4. The Kier molecular flexibility index (Phi) is 5.04. The molecule has 0 bridgehead atoms. The molecule has 6 nitrogen and oxygen atoms in total. The number of aliphatic hydroxyl groups is 1. The molecule has 0 aromatic carbocycles. The normalized spacial score (nSPS) is 23.0. The van der Waals surface area contributed by atoms with Crippen LogP contribution in [0.4, 0.5) is 0 Å². The maximum atomic E-state index is 13.0. The summed E-state index contributed by atoms with van der Waals surface area (Å²) in [7, 11) is -3.24. The summed E-state index contributed by atoms with van der Waals surface area (Å²) in [5, 5.41) is 10.7. The average molecular weight is 403 g/mol. The van der Waals surface area contributed by atoms with Crippen LogP contribution in [0.3, 0.4) is 0 Å². The first-order valence-electron chi connectivity index (χ1n) is 8.14. The maximum absolute atomic E-state index is 13.0. The largest absolute Gasteiger partial charge is 0.391 e. The van der Waals surface area contributed by atoms with Gasteiger partial charge in [0.1, 0.15) is 4.83 Å². The molecule has 1 saturated heterocycles. The van der Waals surface area contributed by atoms with E-state index >= 15 is 0 Å². The summed E-state index contributed by atoms with van der Waals surface area (Å²) < 4.78 is 25.2. The van der Waals surface area contributed by atoms with E-state index in [0.717, 1.165) is 10.4 Å². The van der Waals surface area contributed by atoms with Crippen LogP contribution in [0.25, 0.3) is 10.2 Å².